The largest absolute Gasteiger partial charge is 0.347 e. The summed E-state index contributed by atoms with van der Waals surface area (Å²) in [6.07, 6.45) is 1.96. The van der Waals surface area contributed by atoms with Crippen molar-refractivity contribution in [1.29, 1.82) is 0 Å². The van der Waals surface area contributed by atoms with Gasteiger partial charge in [-0.2, -0.15) is 0 Å². The van der Waals surface area contributed by atoms with Gasteiger partial charge < -0.3 is 9.47 Å². The molecule has 0 bridgehead atoms. The van der Waals surface area contributed by atoms with Crippen molar-refractivity contribution in [3.8, 4) is 0 Å². The molecule has 2 heterocycles. The topological polar surface area (TPSA) is 42.3 Å². The highest BCUT2D eigenvalue weighted by Crippen LogP contribution is 2.26. The minimum absolute atomic E-state index is 0.355. The smallest absolute Gasteiger partial charge is 0.295 e. The van der Waals surface area contributed by atoms with Gasteiger partial charge in [0, 0.05) is 36.7 Å². The van der Waals surface area contributed by atoms with Gasteiger partial charge in [-0.05, 0) is 31.7 Å². The number of piperidine rings is 1. The zero-order valence-corrected chi connectivity index (χ0v) is 13.4. The van der Waals surface area contributed by atoms with Crippen LogP contribution >= 0.6 is 0 Å². The second kappa shape index (κ2) is 5.59. The second-order valence-corrected chi connectivity index (χ2v) is 6.34. The molecule has 1 saturated heterocycles. The number of fused-ring (bicyclic) bond motifs is 1. The molecule has 2 aromatic rings. The maximum Gasteiger partial charge on any atom is 0.295 e. The van der Waals surface area contributed by atoms with Crippen molar-refractivity contribution in [3.05, 3.63) is 35.5 Å². The summed E-state index contributed by atoms with van der Waals surface area (Å²) >= 11 is 0. The van der Waals surface area contributed by atoms with Crippen LogP contribution in [0.5, 0.6) is 0 Å². The van der Waals surface area contributed by atoms with Crippen molar-refractivity contribution in [2.75, 3.05) is 13.1 Å². The molecule has 1 amide bonds. The predicted molar refractivity (Wildman–Crippen MR) is 87.0 cm³/mol. The highest BCUT2D eigenvalue weighted by molar-refractivity contribution is 6.45. The highest BCUT2D eigenvalue weighted by atomic mass is 16.2. The van der Waals surface area contributed by atoms with Gasteiger partial charge in [0.1, 0.15) is 0 Å². The van der Waals surface area contributed by atoms with E-state index in [9.17, 15) is 9.59 Å². The first kappa shape index (κ1) is 14.8. The van der Waals surface area contributed by atoms with Crippen LogP contribution in [0, 0.1) is 12.8 Å². The van der Waals surface area contributed by atoms with E-state index in [0.717, 1.165) is 29.4 Å². The van der Waals surface area contributed by atoms with E-state index in [1.54, 1.807) is 4.90 Å². The van der Waals surface area contributed by atoms with Gasteiger partial charge in [0.05, 0.1) is 5.56 Å². The molecule has 116 valence electrons. The number of nitrogens with zero attached hydrogens (tertiary/aromatic N) is 2. The van der Waals surface area contributed by atoms with Crippen LogP contribution in [0.2, 0.25) is 0 Å². The van der Waals surface area contributed by atoms with Gasteiger partial charge in [-0.1, -0.05) is 25.1 Å². The number of carbonyl (C=O) groups excluding carboxylic acids is 2. The number of benzene rings is 1. The van der Waals surface area contributed by atoms with Crippen molar-refractivity contribution >= 4 is 22.6 Å². The fourth-order valence-electron chi connectivity index (χ4n) is 3.27. The molecule has 0 radical (unpaired) electrons. The molecule has 0 atom stereocenters. The van der Waals surface area contributed by atoms with E-state index in [1.165, 1.54) is 0 Å². The Balaban J connectivity index is 1.96. The molecule has 1 aromatic carbocycles. The van der Waals surface area contributed by atoms with Crippen LogP contribution in [0.3, 0.4) is 0 Å². The Labute approximate surface area is 130 Å². The number of hydrogen-bond donors (Lipinski definition) is 0. The summed E-state index contributed by atoms with van der Waals surface area (Å²) in [6.45, 7) is 5.47. The lowest BCUT2D eigenvalue weighted by atomic mass is 9.98. The summed E-state index contributed by atoms with van der Waals surface area (Å²) in [5.41, 5.74) is 2.40. The summed E-state index contributed by atoms with van der Waals surface area (Å²) in [6, 6.07) is 7.75. The zero-order valence-electron chi connectivity index (χ0n) is 13.4. The van der Waals surface area contributed by atoms with Crippen molar-refractivity contribution in [3.63, 3.8) is 0 Å². The van der Waals surface area contributed by atoms with Crippen LogP contribution in [0.15, 0.2) is 24.3 Å². The van der Waals surface area contributed by atoms with Crippen molar-refractivity contribution in [2.24, 2.45) is 13.0 Å². The maximum atomic E-state index is 12.8. The Morgan fingerprint density at radius 2 is 1.77 bits per heavy atom. The van der Waals surface area contributed by atoms with E-state index in [0.29, 0.717) is 24.6 Å². The summed E-state index contributed by atoms with van der Waals surface area (Å²) in [5.74, 6) is -0.0892. The molecular weight excluding hydrogens is 276 g/mol. The van der Waals surface area contributed by atoms with Gasteiger partial charge in [0.25, 0.3) is 11.7 Å². The predicted octanol–water partition coefficient (Wildman–Crippen LogP) is 2.93. The zero-order chi connectivity index (χ0) is 15.9. The molecule has 0 N–H and O–H groups in total. The second-order valence-electron chi connectivity index (χ2n) is 6.34. The molecule has 0 spiro atoms. The van der Waals surface area contributed by atoms with Crippen molar-refractivity contribution < 1.29 is 9.59 Å². The lowest BCUT2D eigenvalue weighted by Crippen LogP contribution is -2.41. The number of likely N-dealkylation sites (tertiary alicyclic amines) is 1. The minimum Gasteiger partial charge on any atom is -0.347 e. The molecule has 4 heteroatoms. The first-order chi connectivity index (χ1) is 10.5. The number of amides is 1. The molecule has 1 aliphatic rings. The van der Waals surface area contributed by atoms with Crippen LogP contribution in [0.25, 0.3) is 10.9 Å². The number of hydrogen-bond acceptors (Lipinski definition) is 2. The number of ketones is 1. The normalized spacial score (nSPS) is 16.2. The molecule has 0 unspecified atom stereocenters. The van der Waals surface area contributed by atoms with Crippen LogP contribution in [-0.2, 0) is 11.8 Å². The van der Waals surface area contributed by atoms with E-state index < -0.39 is 0 Å². The van der Waals surface area contributed by atoms with Crippen molar-refractivity contribution in [2.45, 2.75) is 26.7 Å². The van der Waals surface area contributed by atoms with E-state index in [-0.39, 0.29) is 11.7 Å². The number of para-hydroxylation sites is 1. The molecule has 1 aliphatic heterocycles. The van der Waals surface area contributed by atoms with E-state index in [1.807, 2.05) is 42.8 Å². The van der Waals surface area contributed by atoms with Gasteiger partial charge in [0.15, 0.2) is 0 Å². The fraction of sp³-hybridized carbons (Fsp3) is 0.444. The third kappa shape index (κ3) is 2.32. The lowest BCUT2D eigenvalue weighted by molar-refractivity contribution is -0.127. The SMILES string of the molecule is Cc1c(C(=O)C(=O)N2CCC(C)CC2)c2ccccc2n1C. The van der Waals surface area contributed by atoms with Crippen molar-refractivity contribution in [1.82, 2.24) is 9.47 Å². The Morgan fingerprint density at radius 1 is 1.14 bits per heavy atom. The Bertz CT molecular complexity index is 737. The van der Waals surface area contributed by atoms with Crippen LogP contribution < -0.4 is 0 Å². The van der Waals surface area contributed by atoms with Crippen LogP contribution in [-0.4, -0.2) is 34.2 Å². The Kier molecular flexibility index (Phi) is 3.77. The average Bonchev–Trinajstić information content (AvgIpc) is 2.79. The molecule has 1 fully saturated rings. The summed E-state index contributed by atoms with van der Waals surface area (Å²) < 4.78 is 1.98. The van der Waals surface area contributed by atoms with Gasteiger partial charge in [0.2, 0.25) is 0 Å². The Morgan fingerprint density at radius 3 is 2.45 bits per heavy atom. The van der Waals surface area contributed by atoms with Crippen LogP contribution in [0.1, 0.15) is 35.8 Å². The summed E-state index contributed by atoms with van der Waals surface area (Å²) in [4.78, 5) is 27.1. The van der Waals surface area contributed by atoms with E-state index in [2.05, 4.69) is 6.92 Å². The summed E-state index contributed by atoms with van der Waals surface area (Å²) in [7, 11) is 1.93. The first-order valence-corrected chi connectivity index (χ1v) is 7.88. The fourth-order valence-corrected chi connectivity index (χ4v) is 3.27. The van der Waals surface area contributed by atoms with Gasteiger partial charge in [-0.25, -0.2) is 0 Å². The van der Waals surface area contributed by atoms with Gasteiger partial charge in [-0.3, -0.25) is 9.59 Å². The first-order valence-electron chi connectivity index (χ1n) is 7.88. The molecule has 4 nitrogen and oxygen atoms in total. The van der Waals surface area contributed by atoms with E-state index in [4.69, 9.17) is 0 Å². The molecule has 0 aliphatic carbocycles. The van der Waals surface area contributed by atoms with Gasteiger partial charge in [-0.15, -0.1) is 0 Å². The molecule has 22 heavy (non-hydrogen) atoms. The number of aromatic nitrogens is 1. The lowest BCUT2D eigenvalue weighted by Gasteiger charge is -2.29. The van der Waals surface area contributed by atoms with Crippen LogP contribution in [0.4, 0.5) is 0 Å². The number of aryl methyl sites for hydroxylation is 1. The van der Waals surface area contributed by atoms with Gasteiger partial charge >= 0.3 is 0 Å². The third-order valence-corrected chi connectivity index (χ3v) is 4.89. The third-order valence-electron chi connectivity index (χ3n) is 4.89. The minimum atomic E-state index is -0.371. The number of Topliss-reactive ketones (excluding diaryl/α,β-unsaturated/α-hetero) is 1. The molecule has 1 aromatic heterocycles. The molecule has 0 saturated carbocycles. The Hall–Kier alpha value is -2.10. The highest BCUT2D eigenvalue weighted by Gasteiger charge is 2.29. The molecule has 3 rings (SSSR count). The average molecular weight is 298 g/mol. The summed E-state index contributed by atoms with van der Waals surface area (Å²) in [5, 5.41) is 0.867. The molecular formula is C18H22N2O2. The number of carbonyl (C=O) groups is 2. The standard InChI is InChI=1S/C18H22N2O2/c1-12-8-10-20(11-9-12)18(22)17(21)16-13(2)19(3)15-7-5-4-6-14(15)16/h4-7,12H,8-11H2,1-3H3. The quantitative estimate of drug-likeness (QED) is 0.632. The number of rotatable bonds is 2. The maximum absolute atomic E-state index is 12.8. The van der Waals surface area contributed by atoms with E-state index >= 15 is 0 Å². The monoisotopic (exact) mass is 298 g/mol.